The predicted molar refractivity (Wildman–Crippen MR) is 308 cm³/mol. The van der Waals surface area contributed by atoms with Crippen LogP contribution in [0.1, 0.15) is 248 Å². The summed E-state index contributed by atoms with van der Waals surface area (Å²) in [5, 5.41) is 17.3. The number of hydrogen-bond acceptors (Lipinski definition) is 10. The largest absolute Gasteiger partial charge is 0.383 e. The van der Waals surface area contributed by atoms with Crippen molar-refractivity contribution >= 4 is 35.4 Å². The maximum Gasteiger partial charge on any atom is 0.243 e. The van der Waals surface area contributed by atoms with Crippen LogP contribution >= 0.6 is 0 Å². The molecule has 75 heavy (non-hydrogen) atoms. The van der Waals surface area contributed by atoms with Gasteiger partial charge in [-0.1, -0.05) is 164 Å². The summed E-state index contributed by atoms with van der Waals surface area (Å²) in [6, 6.07) is -4.97. The fourth-order valence-corrected chi connectivity index (χ4v) is 9.55. The van der Waals surface area contributed by atoms with E-state index in [0.717, 1.165) is 43.9 Å². The van der Waals surface area contributed by atoms with E-state index in [1.807, 2.05) is 27.7 Å². The molecule has 16 nitrogen and oxygen atoms in total. The molecule has 440 valence electrons. The Morgan fingerprint density at radius 3 is 1.36 bits per heavy atom. The van der Waals surface area contributed by atoms with E-state index in [1.165, 1.54) is 103 Å². The monoisotopic (exact) mass is 1060 g/mol. The summed E-state index contributed by atoms with van der Waals surface area (Å²) in [5.41, 5.74) is 17.4. The second-order valence-corrected chi connectivity index (χ2v) is 22.9. The summed E-state index contributed by atoms with van der Waals surface area (Å²) in [6.07, 6.45) is 30.2. The predicted octanol–water partition coefficient (Wildman–Crippen LogP) is 8.74. The molecule has 6 amide bonds. The van der Waals surface area contributed by atoms with Crippen molar-refractivity contribution in [2.75, 3.05) is 33.4 Å². The molecule has 0 saturated heterocycles. The molecule has 0 aromatic heterocycles. The SMILES string of the molecule is CCCCCCCCCCCCC(C)C(C)CCCCCCCCC(=O)NCCCC[C@@H](COC)NC(=O)[C@H](C)NC(=O)[C@H](CC(C)C)NC(=O)[C@H](CC(C)C)NC(=O)[C@H](CCCCN)NC(=O)[C@@H](N)CCCCN. The van der Waals surface area contributed by atoms with E-state index >= 15 is 0 Å². The molecule has 2 unspecified atom stereocenters. The zero-order valence-corrected chi connectivity index (χ0v) is 49.4. The van der Waals surface area contributed by atoms with Gasteiger partial charge in [0, 0.05) is 20.1 Å². The van der Waals surface area contributed by atoms with Gasteiger partial charge in [-0.3, -0.25) is 28.8 Å². The molecule has 0 spiro atoms. The van der Waals surface area contributed by atoms with Crippen molar-refractivity contribution in [1.82, 2.24) is 31.9 Å². The van der Waals surface area contributed by atoms with Crippen molar-refractivity contribution in [1.29, 1.82) is 0 Å². The fraction of sp³-hybridized carbons (Fsp3) is 0.898. The number of hydrogen-bond donors (Lipinski definition) is 9. The first kappa shape index (κ1) is 71.7. The molecule has 0 fully saturated rings. The van der Waals surface area contributed by atoms with Gasteiger partial charge in [0.2, 0.25) is 35.4 Å². The van der Waals surface area contributed by atoms with Gasteiger partial charge in [0.15, 0.2) is 0 Å². The molecule has 0 radical (unpaired) electrons. The molecule has 16 heteroatoms. The van der Waals surface area contributed by atoms with Crippen LogP contribution in [0.2, 0.25) is 0 Å². The van der Waals surface area contributed by atoms with Crippen LogP contribution in [0, 0.1) is 23.7 Å². The highest BCUT2D eigenvalue weighted by Crippen LogP contribution is 2.25. The Balaban J connectivity index is 4.87. The van der Waals surface area contributed by atoms with Crippen LogP contribution in [0.4, 0.5) is 0 Å². The van der Waals surface area contributed by atoms with Gasteiger partial charge in [-0.05, 0) is 114 Å². The van der Waals surface area contributed by atoms with E-state index in [4.69, 9.17) is 21.9 Å². The summed E-state index contributed by atoms with van der Waals surface area (Å²) in [6.45, 7) is 18.2. The molecule has 0 saturated carbocycles. The van der Waals surface area contributed by atoms with Crippen molar-refractivity contribution in [3.8, 4) is 0 Å². The Kier molecular flexibility index (Phi) is 44.6. The quantitative estimate of drug-likeness (QED) is 0.0262. The zero-order valence-electron chi connectivity index (χ0n) is 49.4. The molecular weight excluding hydrogens is 947 g/mol. The van der Waals surface area contributed by atoms with Crippen molar-refractivity contribution < 1.29 is 33.5 Å². The minimum Gasteiger partial charge on any atom is -0.383 e. The summed E-state index contributed by atoms with van der Waals surface area (Å²) in [4.78, 5) is 80.4. The molecule has 8 atom stereocenters. The van der Waals surface area contributed by atoms with Crippen LogP contribution in [0.15, 0.2) is 0 Å². The Labute approximate surface area is 457 Å². The number of methoxy groups -OCH3 is 1. The molecule has 0 aliphatic carbocycles. The Hall–Kier alpha value is -3.34. The highest BCUT2D eigenvalue weighted by atomic mass is 16.5. The lowest BCUT2D eigenvalue weighted by atomic mass is 9.86. The first-order valence-electron chi connectivity index (χ1n) is 30.3. The number of nitrogens with one attached hydrogen (secondary N) is 6. The van der Waals surface area contributed by atoms with Crippen LogP contribution in [-0.2, 0) is 33.5 Å². The molecule has 0 heterocycles. The van der Waals surface area contributed by atoms with Gasteiger partial charge in [0.1, 0.15) is 24.2 Å². The van der Waals surface area contributed by atoms with E-state index in [1.54, 1.807) is 14.0 Å². The third kappa shape index (κ3) is 38.8. The van der Waals surface area contributed by atoms with Crippen LogP contribution in [-0.4, -0.2) is 105 Å². The third-order valence-electron chi connectivity index (χ3n) is 14.6. The van der Waals surface area contributed by atoms with Crippen molar-refractivity contribution in [2.45, 2.75) is 284 Å². The molecular formula is C59H117N9O7. The number of nitrogens with two attached hydrogens (primary N) is 3. The number of carbonyl (C=O) groups is 6. The summed E-state index contributed by atoms with van der Waals surface area (Å²) < 4.78 is 5.41. The first-order valence-corrected chi connectivity index (χ1v) is 30.3. The molecule has 0 rings (SSSR count). The Morgan fingerprint density at radius 1 is 0.440 bits per heavy atom. The number of carbonyl (C=O) groups excluding carboxylic acids is 6. The Morgan fingerprint density at radius 2 is 0.867 bits per heavy atom. The van der Waals surface area contributed by atoms with Gasteiger partial charge < -0.3 is 53.8 Å². The molecule has 0 aliphatic rings. The van der Waals surface area contributed by atoms with E-state index in [0.29, 0.717) is 64.6 Å². The minimum atomic E-state index is -1.00. The lowest BCUT2D eigenvalue weighted by molar-refractivity contribution is -0.135. The topological polar surface area (TPSA) is 262 Å². The van der Waals surface area contributed by atoms with E-state index in [9.17, 15) is 28.8 Å². The standard InChI is InChI=1S/C59H117N9O7/c1-10-11-12-13-14-15-16-17-20-23-32-46(6)47(7)33-24-21-18-19-22-25-37-54(69)63-40-31-28-34-49(43-75-9)65-55(70)48(8)64-58(73)52(41-44(2)3)68-59(74)53(42-45(4)5)67-57(72)51(36-27-30-39-61)66-56(71)50(62)35-26-29-38-60/h44-53H,10-43,60-62H2,1-9H3,(H,63,69)(H,64,73)(H,65,70)(H,66,71)(H,67,72)(H,68,74)/t46?,47?,48-,49-,50-,51-,52-,53-/m0/s1. The van der Waals surface area contributed by atoms with Crippen LogP contribution in [0.25, 0.3) is 0 Å². The maximum absolute atomic E-state index is 13.9. The van der Waals surface area contributed by atoms with Gasteiger partial charge in [-0.25, -0.2) is 0 Å². The first-order chi connectivity index (χ1) is 35.9. The van der Waals surface area contributed by atoms with Gasteiger partial charge >= 0.3 is 0 Å². The molecule has 0 aromatic carbocycles. The number of amides is 6. The van der Waals surface area contributed by atoms with E-state index in [2.05, 4.69) is 52.7 Å². The second-order valence-electron chi connectivity index (χ2n) is 22.9. The smallest absolute Gasteiger partial charge is 0.243 e. The minimum absolute atomic E-state index is 0.00101. The van der Waals surface area contributed by atoms with E-state index in [-0.39, 0.29) is 49.1 Å². The van der Waals surface area contributed by atoms with Gasteiger partial charge in [-0.2, -0.15) is 0 Å². The molecule has 0 bridgehead atoms. The van der Waals surface area contributed by atoms with E-state index < -0.39 is 53.8 Å². The normalized spacial score (nSPS) is 14.8. The number of rotatable bonds is 50. The third-order valence-corrected chi connectivity index (χ3v) is 14.6. The van der Waals surface area contributed by atoms with Crippen molar-refractivity contribution in [3.05, 3.63) is 0 Å². The van der Waals surface area contributed by atoms with Crippen LogP contribution < -0.4 is 49.1 Å². The highest BCUT2D eigenvalue weighted by molar-refractivity contribution is 5.95. The second kappa shape index (κ2) is 46.7. The summed E-state index contributed by atoms with van der Waals surface area (Å²) in [7, 11) is 1.57. The van der Waals surface area contributed by atoms with Crippen LogP contribution in [0.5, 0.6) is 0 Å². The average molecular weight is 1060 g/mol. The molecule has 0 aromatic rings. The lowest BCUT2D eigenvalue weighted by Gasteiger charge is -2.28. The number of ether oxygens (including phenoxy) is 1. The Bertz CT molecular complexity index is 1490. The number of unbranched alkanes of at least 4 members (excludes halogenated alkanes) is 17. The van der Waals surface area contributed by atoms with Gasteiger partial charge in [0.25, 0.3) is 0 Å². The van der Waals surface area contributed by atoms with Crippen molar-refractivity contribution in [3.63, 3.8) is 0 Å². The maximum atomic E-state index is 13.9. The molecule has 0 aliphatic heterocycles. The fourth-order valence-electron chi connectivity index (χ4n) is 9.55. The van der Waals surface area contributed by atoms with Gasteiger partial charge in [0.05, 0.1) is 18.7 Å². The average Bonchev–Trinajstić information content (AvgIpc) is 3.36. The highest BCUT2D eigenvalue weighted by Gasteiger charge is 2.32. The zero-order chi connectivity index (χ0) is 56.2. The van der Waals surface area contributed by atoms with Gasteiger partial charge in [-0.15, -0.1) is 0 Å². The summed E-state index contributed by atoms with van der Waals surface area (Å²) in [5.74, 6) is -0.751. The van der Waals surface area contributed by atoms with Crippen LogP contribution in [0.3, 0.4) is 0 Å². The lowest BCUT2D eigenvalue weighted by Crippen LogP contribution is -2.59. The summed E-state index contributed by atoms with van der Waals surface area (Å²) >= 11 is 0. The van der Waals surface area contributed by atoms with Crippen molar-refractivity contribution in [2.24, 2.45) is 40.9 Å². The molecule has 12 N–H and O–H groups in total.